The number of ketones is 1. The van der Waals surface area contributed by atoms with E-state index in [4.69, 9.17) is 0 Å². The van der Waals surface area contributed by atoms with Crippen LogP contribution in [0.2, 0.25) is 0 Å². The van der Waals surface area contributed by atoms with Crippen molar-refractivity contribution >= 4 is 39.8 Å². The number of rotatable bonds is 8. The highest BCUT2D eigenvalue weighted by Crippen LogP contribution is 2.44. The van der Waals surface area contributed by atoms with Gasteiger partial charge in [-0.2, -0.15) is 0 Å². The Hall–Kier alpha value is -3.16. The molecule has 5 aromatic rings. The van der Waals surface area contributed by atoms with Gasteiger partial charge in [-0.15, -0.1) is 21.5 Å². The first kappa shape index (κ1) is 20.4. The van der Waals surface area contributed by atoms with Gasteiger partial charge >= 0.3 is 0 Å². The van der Waals surface area contributed by atoms with E-state index >= 15 is 0 Å². The van der Waals surface area contributed by atoms with Gasteiger partial charge in [-0.25, -0.2) is 0 Å². The van der Waals surface area contributed by atoms with Gasteiger partial charge < -0.3 is 9.55 Å². The lowest BCUT2D eigenvalue weighted by molar-refractivity contribution is 0.0991. The number of hydrogen-bond acceptors (Lipinski definition) is 5. The van der Waals surface area contributed by atoms with E-state index in [2.05, 4.69) is 37.3 Å². The van der Waals surface area contributed by atoms with Crippen LogP contribution in [0.15, 0.2) is 83.5 Å². The summed E-state index contributed by atoms with van der Waals surface area (Å²) in [6.45, 7) is 0. The Labute approximate surface area is 199 Å². The third kappa shape index (κ3) is 4.03. The van der Waals surface area contributed by atoms with Crippen molar-refractivity contribution in [2.24, 2.45) is 0 Å². The van der Waals surface area contributed by atoms with Crippen LogP contribution in [0.1, 0.15) is 50.8 Å². The number of fused-ring (bicyclic) bond motifs is 1. The zero-order valence-electron chi connectivity index (χ0n) is 17.8. The number of Topliss-reactive ketones (excluding diaryl/α,β-unsaturated/α-hetero) is 1. The molecule has 1 saturated carbocycles. The van der Waals surface area contributed by atoms with E-state index in [-0.39, 0.29) is 5.78 Å². The van der Waals surface area contributed by atoms with Crippen molar-refractivity contribution in [1.29, 1.82) is 0 Å². The highest BCUT2D eigenvalue weighted by molar-refractivity contribution is 8.00. The standard InChI is InChI=1S/C26H22N4OS2/c31-24(21-16-27-22-11-5-4-10-20(21)22)25(17-7-2-1-3-8-17)33-26-29-28-23(30(26)18-12-13-18)15-19-9-6-14-32-19/h1-11,14,16,18,25,27H,12-13,15H2. The van der Waals surface area contributed by atoms with Gasteiger partial charge in [-0.3, -0.25) is 4.79 Å². The van der Waals surface area contributed by atoms with Gasteiger partial charge in [0.2, 0.25) is 0 Å². The highest BCUT2D eigenvalue weighted by Gasteiger charge is 2.33. The van der Waals surface area contributed by atoms with Crippen LogP contribution in [0.3, 0.4) is 0 Å². The van der Waals surface area contributed by atoms with Crippen LogP contribution < -0.4 is 0 Å². The molecule has 0 amide bonds. The molecule has 0 radical (unpaired) electrons. The van der Waals surface area contributed by atoms with Crippen molar-refractivity contribution in [2.75, 3.05) is 0 Å². The minimum absolute atomic E-state index is 0.0776. The van der Waals surface area contributed by atoms with Gasteiger partial charge in [0.25, 0.3) is 0 Å². The number of thiophene rings is 1. The second-order valence-corrected chi connectivity index (χ2v) is 10.4. The van der Waals surface area contributed by atoms with E-state index in [1.54, 1.807) is 11.3 Å². The highest BCUT2D eigenvalue weighted by atomic mass is 32.2. The molecule has 0 bridgehead atoms. The van der Waals surface area contributed by atoms with Crippen LogP contribution in [0.4, 0.5) is 0 Å². The summed E-state index contributed by atoms with van der Waals surface area (Å²) in [6, 6.07) is 22.6. The Morgan fingerprint density at radius 2 is 1.88 bits per heavy atom. The summed E-state index contributed by atoms with van der Waals surface area (Å²) in [6.07, 6.45) is 4.87. The van der Waals surface area contributed by atoms with E-state index in [9.17, 15) is 4.79 Å². The number of para-hydroxylation sites is 1. The zero-order chi connectivity index (χ0) is 22.2. The van der Waals surface area contributed by atoms with Crippen LogP contribution in [-0.2, 0) is 6.42 Å². The van der Waals surface area contributed by atoms with Gasteiger partial charge in [-0.05, 0) is 35.9 Å². The number of aromatic amines is 1. The summed E-state index contributed by atoms with van der Waals surface area (Å²) in [5.41, 5.74) is 2.66. The molecule has 1 fully saturated rings. The molecule has 2 aromatic carbocycles. The number of thioether (sulfide) groups is 1. The lowest BCUT2D eigenvalue weighted by atomic mass is 10.0. The lowest BCUT2D eigenvalue weighted by Crippen LogP contribution is -2.11. The number of nitrogens with zero attached hydrogens (tertiary/aromatic N) is 3. The lowest BCUT2D eigenvalue weighted by Gasteiger charge is -2.16. The summed E-state index contributed by atoms with van der Waals surface area (Å²) >= 11 is 3.25. The normalized spacial score (nSPS) is 14.5. The average molecular weight is 471 g/mol. The molecule has 1 unspecified atom stereocenters. The van der Waals surface area contributed by atoms with Gasteiger partial charge in [0.05, 0.1) is 0 Å². The van der Waals surface area contributed by atoms with E-state index in [0.717, 1.165) is 46.7 Å². The molecule has 1 atom stereocenters. The third-order valence-electron chi connectivity index (χ3n) is 5.98. The Balaban J connectivity index is 1.38. The van der Waals surface area contributed by atoms with Gasteiger partial charge in [0.1, 0.15) is 11.1 Å². The summed E-state index contributed by atoms with van der Waals surface area (Å²) in [5, 5.41) is 12.6. The molecule has 1 aliphatic carbocycles. The zero-order valence-corrected chi connectivity index (χ0v) is 19.5. The average Bonchev–Trinajstić information content (AvgIpc) is 3.23. The summed E-state index contributed by atoms with van der Waals surface area (Å²) < 4.78 is 2.27. The topological polar surface area (TPSA) is 63.6 Å². The third-order valence-corrected chi connectivity index (χ3v) is 8.07. The monoisotopic (exact) mass is 470 g/mol. The maximum absolute atomic E-state index is 13.9. The van der Waals surface area contributed by atoms with E-state index in [1.807, 2.05) is 60.8 Å². The van der Waals surface area contributed by atoms with E-state index in [1.165, 1.54) is 16.6 Å². The Morgan fingerprint density at radius 3 is 2.67 bits per heavy atom. The van der Waals surface area contributed by atoms with Crippen LogP contribution in [-0.4, -0.2) is 25.5 Å². The fourth-order valence-corrected chi connectivity index (χ4v) is 6.10. The maximum Gasteiger partial charge on any atom is 0.192 e. The van der Waals surface area contributed by atoms with Crippen LogP contribution in [0.5, 0.6) is 0 Å². The van der Waals surface area contributed by atoms with Crippen molar-refractivity contribution in [3.05, 3.63) is 100 Å². The molecule has 3 aromatic heterocycles. The van der Waals surface area contributed by atoms with Crippen LogP contribution >= 0.6 is 23.1 Å². The summed E-state index contributed by atoms with van der Waals surface area (Å²) in [5.74, 6) is 1.06. The molecule has 164 valence electrons. The molecule has 6 rings (SSSR count). The first-order chi connectivity index (χ1) is 16.3. The number of nitrogens with one attached hydrogen (secondary N) is 1. The summed E-state index contributed by atoms with van der Waals surface area (Å²) in [7, 11) is 0. The van der Waals surface area contributed by atoms with Crippen molar-refractivity contribution in [3.8, 4) is 0 Å². The second kappa shape index (κ2) is 8.65. The molecule has 0 saturated heterocycles. The first-order valence-corrected chi connectivity index (χ1v) is 12.8. The number of H-pyrrole nitrogens is 1. The minimum Gasteiger partial charge on any atom is -0.360 e. The van der Waals surface area contributed by atoms with Crippen molar-refractivity contribution in [2.45, 2.75) is 35.7 Å². The van der Waals surface area contributed by atoms with Crippen LogP contribution in [0, 0.1) is 0 Å². The van der Waals surface area contributed by atoms with Crippen molar-refractivity contribution < 1.29 is 4.79 Å². The number of carbonyl (C=O) groups is 1. The van der Waals surface area contributed by atoms with Crippen molar-refractivity contribution in [1.82, 2.24) is 19.7 Å². The Morgan fingerprint density at radius 1 is 1.06 bits per heavy atom. The number of hydrogen-bond donors (Lipinski definition) is 1. The molecular formula is C26H22N4OS2. The molecule has 0 aliphatic heterocycles. The van der Waals surface area contributed by atoms with Crippen LogP contribution in [0.25, 0.3) is 10.9 Å². The maximum atomic E-state index is 13.9. The fourth-order valence-electron chi connectivity index (χ4n) is 4.20. The number of carbonyl (C=O) groups excluding carboxylic acids is 1. The first-order valence-electron chi connectivity index (χ1n) is 11.1. The minimum atomic E-state index is -0.401. The predicted octanol–water partition coefficient (Wildman–Crippen LogP) is 6.46. The molecule has 7 heteroatoms. The molecular weight excluding hydrogens is 448 g/mol. The number of aromatic nitrogens is 4. The largest absolute Gasteiger partial charge is 0.360 e. The predicted molar refractivity (Wildman–Crippen MR) is 133 cm³/mol. The second-order valence-electron chi connectivity index (χ2n) is 8.28. The Kier molecular flexibility index (Phi) is 5.36. The quantitative estimate of drug-likeness (QED) is 0.209. The summed E-state index contributed by atoms with van der Waals surface area (Å²) in [4.78, 5) is 18.4. The van der Waals surface area contributed by atoms with E-state index in [0.29, 0.717) is 11.6 Å². The molecule has 33 heavy (non-hydrogen) atoms. The van der Waals surface area contributed by atoms with Gasteiger partial charge in [-0.1, -0.05) is 66.4 Å². The molecule has 3 heterocycles. The van der Waals surface area contributed by atoms with E-state index < -0.39 is 5.25 Å². The van der Waals surface area contributed by atoms with Gasteiger partial charge in [0.15, 0.2) is 10.9 Å². The van der Waals surface area contributed by atoms with Crippen molar-refractivity contribution in [3.63, 3.8) is 0 Å². The molecule has 5 nitrogen and oxygen atoms in total. The smallest absolute Gasteiger partial charge is 0.192 e. The molecule has 0 spiro atoms. The fraction of sp³-hybridized carbons (Fsp3) is 0.192. The molecule has 1 N–H and O–H groups in total. The van der Waals surface area contributed by atoms with Gasteiger partial charge in [0, 0.05) is 40.0 Å². The Bertz CT molecular complexity index is 1400. The SMILES string of the molecule is O=C(c1c[nH]c2ccccc12)C(Sc1nnc(Cc2cccs2)n1C1CC1)c1ccccc1. The number of benzene rings is 2. The molecule has 1 aliphatic rings.